The molecule has 0 fully saturated rings. The van der Waals surface area contributed by atoms with Gasteiger partial charge in [0.05, 0.1) is 18.6 Å². The largest absolute Gasteiger partial charge is 0.466 e. The lowest BCUT2D eigenvalue weighted by Crippen LogP contribution is -2.06. The second kappa shape index (κ2) is 6.91. The zero-order chi connectivity index (χ0) is 18.9. The Morgan fingerprint density at radius 3 is 2.58 bits per heavy atom. The first-order valence-corrected chi connectivity index (χ1v) is 8.44. The van der Waals surface area contributed by atoms with Crippen molar-refractivity contribution in [2.45, 2.75) is 19.5 Å². The van der Waals surface area contributed by atoms with Crippen LogP contribution in [0.4, 0.5) is 13.2 Å². The molecular formula is C17H13F3N2O3S. The Hall–Kier alpha value is -2.68. The molecule has 1 aromatic carbocycles. The van der Waals surface area contributed by atoms with Crippen molar-refractivity contribution in [3.63, 3.8) is 0 Å². The Labute approximate surface area is 150 Å². The number of esters is 1. The molecule has 0 aliphatic carbocycles. The highest BCUT2D eigenvalue weighted by atomic mass is 32.1. The fourth-order valence-corrected chi connectivity index (χ4v) is 3.46. The van der Waals surface area contributed by atoms with Gasteiger partial charge in [-0.25, -0.2) is 4.98 Å². The van der Waals surface area contributed by atoms with Crippen molar-refractivity contribution >= 4 is 28.6 Å². The van der Waals surface area contributed by atoms with E-state index in [9.17, 15) is 22.8 Å². The molecule has 0 amide bonds. The average molecular weight is 382 g/mol. The van der Waals surface area contributed by atoms with Crippen LogP contribution in [-0.4, -0.2) is 28.2 Å². The normalized spacial score (nSPS) is 11.7. The minimum Gasteiger partial charge on any atom is -0.466 e. The van der Waals surface area contributed by atoms with E-state index in [0.29, 0.717) is 27.4 Å². The number of thiazole rings is 1. The van der Waals surface area contributed by atoms with Gasteiger partial charge in [-0.15, -0.1) is 11.3 Å². The summed E-state index contributed by atoms with van der Waals surface area (Å²) < 4.78 is 44.4. The van der Waals surface area contributed by atoms with Crippen LogP contribution in [0.25, 0.3) is 16.2 Å². The number of halogens is 3. The third-order valence-electron chi connectivity index (χ3n) is 3.63. The number of aldehydes is 1. The number of alkyl halides is 3. The molecule has 0 saturated heterocycles. The molecule has 5 nitrogen and oxygen atoms in total. The van der Waals surface area contributed by atoms with E-state index in [0.717, 1.165) is 12.1 Å². The second-order valence-corrected chi connectivity index (χ2v) is 6.46. The third-order valence-corrected chi connectivity index (χ3v) is 4.61. The molecule has 9 heteroatoms. The van der Waals surface area contributed by atoms with Crippen LogP contribution >= 0.6 is 11.3 Å². The van der Waals surface area contributed by atoms with Gasteiger partial charge < -0.3 is 4.74 Å². The highest BCUT2D eigenvalue weighted by molar-refractivity contribution is 7.17. The van der Waals surface area contributed by atoms with E-state index in [1.54, 1.807) is 13.1 Å². The van der Waals surface area contributed by atoms with Crippen LogP contribution in [0.1, 0.15) is 27.9 Å². The van der Waals surface area contributed by atoms with Crippen molar-refractivity contribution < 1.29 is 27.5 Å². The molecule has 0 aliphatic rings. The lowest BCUT2D eigenvalue weighted by atomic mass is 10.1. The van der Waals surface area contributed by atoms with E-state index in [4.69, 9.17) is 4.74 Å². The maximum Gasteiger partial charge on any atom is 0.416 e. The van der Waals surface area contributed by atoms with Crippen molar-refractivity contribution in [2.24, 2.45) is 0 Å². The summed E-state index contributed by atoms with van der Waals surface area (Å²) >= 11 is 1.22. The number of ether oxygens (including phenoxy) is 1. The number of benzene rings is 1. The maximum atomic E-state index is 12.7. The van der Waals surface area contributed by atoms with Gasteiger partial charge in [-0.3, -0.25) is 14.0 Å². The summed E-state index contributed by atoms with van der Waals surface area (Å²) in [7, 11) is 0. The van der Waals surface area contributed by atoms with E-state index in [1.807, 2.05) is 0 Å². The molecule has 0 bridgehead atoms. The predicted octanol–water partition coefficient (Wildman–Crippen LogP) is 4.00. The fraction of sp³-hybridized carbons (Fsp3) is 0.235. The lowest BCUT2D eigenvalue weighted by Gasteiger charge is -2.06. The highest BCUT2D eigenvalue weighted by Crippen LogP contribution is 2.32. The second-order valence-electron chi connectivity index (χ2n) is 5.37. The lowest BCUT2D eigenvalue weighted by molar-refractivity contribution is -0.142. The number of fused-ring (bicyclic) bond motifs is 1. The molecule has 3 rings (SSSR count). The van der Waals surface area contributed by atoms with Gasteiger partial charge in [0.25, 0.3) is 0 Å². The highest BCUT2D eigenvalue weighted by Gasteiger charge is 2.30. The molecule has 0 aliphatic heterocycles. The van der Waals surface area contributed by atoms with Crippen molar-refractivity contribution in [2.75, 3.05) is 6.61 Å². The van der Waals surface area contributed by atoms with Gasteiger partial charge >= 0.3 is 12.1 Å². The molecular weight excluding hydrogens is 369 g/mol. The molecule has 3 aromatic rings. The van der Waals surface area contributed by atoms with E-state index in [2.05, 4.69) is 4.98 Å². The Bertz CT molecular complexity index is 958. The van der Waals surface area contributed by atoms with Gasteiger partial charge in [0.15, 0.2) is 11.2 Å². The van der Waals surface area contributed by atoms with E-state index < -0.39 is 11.7 Å². The quantitative estimate of drug-likeness (QED) is 0.494. The summed E-state index contributed by atoms with van der Waals surface area (Å²) in [5.41, 5.74) is 0.142. The number of aromatic nitrogens is 2. The van der Waals surface area contributed by atoms with E-state index in [-0.39, 0.29) is 24.7 Å². The zero-order valence-corrected chi connectivity index (χ0v) is 14.4. The SMILES string of the molecule is CCOC(=O)Cc1cn2c(C=O)c(-c3ccc(C(F)(F)F)cc3)nc2s1. The summed E-state index contributed by atoms with van der Waals surface area (Å²) in [6, 6.07) is 4.46. The molecule has 0 saturated carbocycles. The van der Waals surface area contributed by atoms with Crippen LogP contribution in [0.3, 0.4) is 0 Å². The fourth-order valence-electron chi connectivity index (χ4n) is 2.49. The van der Waals surface area contributed by atoms with Crippen molar-refractivity contribution in [1.82, 2.24) is 9.38 Å². The summed E-state index contributed by atoms with van der Waals surface area (Å²) in [6.07, 6.45) is -2.16. The minimum absolute atomic E-state index is 0.0653. The number of carbonyl (C=O) groups excluding carboxylic acids is 2. The number of hydrogen-bond donors (Lipinski definition) is 0. The first kappa shape index (κ1) is 18.1. The van der Waals surface area contributed by atoms with Crippen LogP contribution in [0.15, 0.2) is 30.5 Å². The summed E-state index contributed by atoms with van der Waals surface area (Å²) in [5.74, 6) is -0.382. The number of rotatable bonds is 5. The van der Waals surface area contributed by atoms with Crippen LogP contribution in [0, 0.1) is 0 Å². The van der Waals surface area contributed by atoms with Gasteiger partial charge in [0.2, 0.25) is 0 Å². The van der Waals surface area contributed by atoms with Crippen LogP contribution < -0.4 is 0 Å². The summed E-state index contributed by atoms with van der Waals surface area (Å²) in [4.78, 5) is 28.6. The standard InChI is InChI=1S/C17H13F3N2O3S/c1-2-25-14(24)7-12-8-22-13(9-23)15(21-16(22)26-12)10-3-5-11(6-4-10)17(18,19)20/h3-6,8-9H,2,7H2,1H3. The molecule has 136 valence electrons. The maximum absolute atomic E-state index is 12.7. The van der Waals surface area contributed by atoms with E-state index >= 15 is 0 Å². The predicted molar refractivity (Wildman–Crippen MR) is 89.2 cm³/mol. The molecule has 0 N–H and O–H groups in total. The molecule has 26 heavy (non-hydrogen) atoms. The number of imidazole rings is 1. The first-order chi connectivity index (χ1) is 12.3. The monoisotopic (exact) mass is 382 g/mol. The van der Waals surface area contributed by atoms with Gasteiger partial charge in [0.1, 0.15) is 11.4 Å². The zero-order valence-electron chi connectivity index (χ0n) is 13.5. The van der Waals surface area contributed by atoms with Gasteiger partial charge in [-0.05, 0) is 19.1 Å². The van der Waals surface area contributed by atoms with Gasteiger partial charge in [-0.1, -0.05) is 12.1 Å². The molecule has 0 spiro atoms. The number of hydrogen-bond acceptors (Lipinski definition) is 5. The van der Waals surface area contributed by atoms with Crippen LogP contribution in [0.2, 0.25) is 0 Å². The topological polar surface area (TPSA) is 60.7 Å². The van der Waals surface area contributed by atoms with Crippen molar-refractivity contribution in [3.8, 4) is 11.3 Å². The Morgan fingerprint density at radius 1 is 1.31 bits per heavy atom. The number of carbonyl (C=O) groups is 2. The minimum atomic E-state index is -4.43. The van der Waals surface area contributed by atoms with Crippen molar-refractivity contribution in [3.05, 3.63) is 46.6 Å². The summed E-state index contributed by atoms with van der Waals surface area (Å²) in [6.45, 7) is 1.99. The Morgan fingerprint density at radius 2 is 2.00 bits per heavy atom. The third kappa shape index (κ3) is 3.48. The smallest absolute Gasteiger partial charge is 0.416 e. The molecule has 2 heterocycles. The summed E-state index contributed by atoms with van der Waals surface area (Å²) in [5, 5.41) is 0. The Kier molecular flexibility index (Phi) is 4.82. The average Bonchev–Trinajstić information content (AvgIpc) is 3.11. The van der Waals surface area contributed by atoms with Gasteiger partial charge in [0, 0.05) is 16.6 Å². The molecule has 0 atom stereocenters. The Balaban J connectivity index is 1.96. The van der Waals surface area contributed by atoms with Gasteiger partial charge in [-0.2, -0.15) is 13.2 Å². The molecule has 0 unspecified atom stereocenters. The van der Waals surface area contributed by atoms with Crippen LogP contribution in [0.5, 0.6) is 0 Å². The van der Waals surface area contributed by atoms with Crippen molar-refractivity contribution in [1.29, 1.82) is 0 Å². The first-order valence-electron chi connectivity index (χ1n) is 7.62. The molecule has 2 aromatic heterocycles. The number of nitrogens with zero attached hydrogens (tertiary/aromatic N) is 2. The van der Waals surface area contributed by atoms with Crippen LogP contribution in [-0.2, 0) is 22.1 Å². The van der Waals surface area contributed by atoms with E-state index in [1.165, 1.54) is 27.9 Å². The molecule has 0 radical (unpaired) electrons.